The molecular weight excluding hydrogens is 645 g/mol. The number of ether oxygens (including phenoxy) is 1. The number of thioether (sulfide) groups is 1. The molecule has 2 aliphatic rings. The largest absolute Gasteiger partial charge is 0.462 e. The van der Waals surface area contributed by atoms with Crippen LogP contribution in [0.1, 0.15) is 39.2 Å². The number of fused-ring (bicyclic) bond motifs is 2. The van der Waals surface area contributed by atoms with Crippen LogP contribution in [0.15, 0.2) is 82.9 Å². The summed E-state index contributed by atoms with van der Waals surface area (Å²) in [5.41, 5.74) is -0.0225. The standard InChI is InChI=1S/C31H23F3N4O6S2/c1-2-44-29(42)16-8-10-19(11-9-16)36-21(39)15-37-28-25(46-30(37)43)22(17-5-4-12-35-14-17)23-24(45-28)27(41)38(26(23)40)20-7-3-6-18(13-20)31(32,33)34/h3-14,22-24H,2,15H2,1H3,(H,36,39)/t22-,23+,24-/m0/s1. The minimum Gasteiger partial charge on any atom is -0.462 e. The predicted octanol–water partition coefficient (Wildman–Crippen LogP) is 4.93. The van der Waals surface area contributed by atoms with Crippen molar-refractivity contribution in [2.45, 2.75) is 35.8 Å². The third-order valence-corrected chi connectivity index (χ3v) is 10.1. The van der Waals surface area contributed by atoms with E-state index in [1.165, 1.54) is 47.3 Å². The van der Waals surface area contributed by atoms with Crippen LogP contribution in [0.25, 0.3) is 0 Å². The molecule has 0 unspecified atom stereocenters. The van der Waals surface area contributed by atoms with E-state index < -0.39 is 63.9 Å². The second-order valence-corrected chi connectivity index (χ2v) is 12.5. The summed E-state index contributed by atoms with van der Waals surface area (Å²) in [6, 6.07) is 13.3. The van der Waals surface area contributed by atoms with Gasteiger partial charge in [0.15, 0.2) is 0 Å². The number of amides is 3. The lowest BCUT2D eigenvalue weighted by molar-refractivity contribution is -0.137. The van der Waals surface area contributed by atoms with Gasteiger partial charge in [0.05, 0.1) is 34.4 Å². The van der Waals surface area contributed by atoms with Gasteiger partial charge in [-0.25, -0.2) is 9.69 Å². The van der Waals surface area contributed by atoms with E-state index in [0.29, 0.717) is 26.7 Å². The van der Waals surface area contributed by atoms with Gasteiger partial charge >= 0.3 is 17.0 Å². The number of alkyl halides is 3. The zero-order valence-electron chi connectivity index (χ0n) is 23.8. The van der Waals surface area contributed by atoms with Crippen LogP contribution in [0, 0.1) is 5.92 Å². The zero-order valence-corrected chi connectivity index (χ0v) is 25.4. The van der Waals surface area contributed by atoms with Crippen molar-refractivity contribution in [2.75, 3.05) is 16.8 Å². The number of thiazole rings is 1. The summed E-state index contributed by atoms with van der Waals surface area (Å²) in [5, 5.41) is 1.90. The van der Waals surface area contributed by atoms with E-state index in [4.69, 9.17) is 4.74 Å². The van der Waals surface area contributed by atoms with Crippen molar-refractivity contribution in [3.8, 4) is 0 Å². The van der Waals surface area contributed by atoms with Gasteiger partial charge in [0.2, 0.25) is 17.7 Å². The van der Waals surface area contributed by atoms with E-state index in [1.807, 2.05) is 0 Å². The second kappa shape index (κ2) is 12.2. The van der Waals surface area contributed by atoms with Crippen LogP contribution >= 0.6 is 23.1 Å². The van der Waals surface area contributed by atoms with Crippen LogP contribution in [0.3, 0.4) is 0 Å². The van der Waals surface area contributed by atoms with Gasteiger partial charge in [0, 0.05) is 28.9 Å². The average Bonchev–Trinajstić information content (AvgIpc) is 3.47. The molecule has 10 nitrogen and oxygen atoms in total. The van der Waals surface area contributed by atoms with Crippen LogP contribution < -0.4 is 15.1 Å². The zero-order chi connectivity index (χ0) is 32.7. The maximum absolute atomic E-state index is 13.9. The molecule has 2 aromatic carbocycles. The number of rotatable bonds is 7. The number of pyridine rings is 1. The van der Waals surface area contributed by atoms with Crippen molar-refractivity contribution < 1.29 is 37.1 Å². The smallest absolute Gasteiger partial charge is 0.416 e. The van der Waals surface area contributed by atoms with Crippen molar-refractivity contribution >= 4 is 58.2 Å². The van der Waals surface area contributed by atoms with Crippen LogP contribution in [0.5, 0.6) is 0 Å². The molecule has 0 saturated carbocycles. The van der Waals surface area contributed by atoms with Gasteiger partial charge in [0.25, 0.3) is 0 Å². The first-order valence-electron chi connectivity index (χ1n) is 13.9. The van der Waals surface area contributed by atoms with Gasteiger partial charge in [-0.2, -0.15) is 13.2 Å². The fourth-order valence-electron chi connectivity index (χ4n) is 5.50. The number of nitrogens with zero attached hydrogens (tertiary/aromatic N) is 3. The van der Waals surface area contributed by atoms with Gasteiger partial charge in [0.1, 0.15) is 11.8 Å². The maximum Gasteiger partial charge on any atom is 0.416 e. The number of halogens is 3. The SMILES string of the molecule is CCOC(=O)c1ccc(NC(=O)Cn2c3c(sc2=O)[C@@H](c2cccnc2)[C@H]2C(=O)N(c4cccc(C(F)(F)F)c4)C(=O)[C@H]2S3)cc1. The van der Waals surface area contributed by atoms with Crippen molar-refractivity contribution in [3.63, 3.8) is 0 Å². The number of anilines is 2. The first-order valence-corrected chi connectivity index (χ1v) is 15.6. The summed E-state index contributed by atoms with van der Waals surface area (Å²) in [4.78, 5) is 70.9. The van der Waals surface area contributed by atoms with Gasteiger partial charge in [-0.15, -0.1) is 0 Å². The third-order valence-electron chi connectivity index (χ3n) is 7.51. The molecule has 0 spiro atoms. The Labute approximate surface area is 267 Å². The Hall–Kier alpha value is -4.76. The molecule has 1 N–H and O–H groups in total. The van der Waals surface area contributed by atoms with Gasteiger partial charge in [-0.1, -0.05) is 35.2 Å². The summed E-state index contributed by atoms with van der Waals surface area (Å²) >= 11 is 1.77. The number of imide groups is 1. The topological polar surface area (TPSA) is 128 Å². The van der Waals surface area contributed by atoms with Gasteiger partial charge in [-0.05, 0) is 61.0 Å². The highest BCUT2D eigenvalue weighted by Gasteiger charge is 2.57. The molecule has 1 saturated heterocycles. The van der Waals surface area contributed by atoms with Crippen LogP contribution in [-0.4, -0.2) is 45.1 Å². The van der Waals surface area contributed by atoms with Crippen molar-refractivity contribution in [1.29, 1.82) is 0 Å². The summed E-state index contributed by atoms with van der Waals surface area (Å²) in [6.45, 7) is 1.47. The highest BCUT2D eigenvalue weighted by Crippen LogP contribution is 2.54. The number of aromatic nitrogens is 2. The molecule has 0 bridgehead atoms. The van der Waals surface area contributed by atoms with E-state index >= 15 is 0 Å². The summed E-state index contributed by atoms with van der Waals surface area (Å²) in [6.07, 6.45) is -1.66. The molecule has 2 aliphatic heterocycles. The second-order valence-electron chi connectivity index (χ2n) is 10.4. The van der Waals surface area contributed by atoms with E-state index in [9.17, 15) is 37.1 Å². The Morgan fingerprint density at radius 1 is 1.02 bits per heavy atom. The fraction of sp³-hybridized carbons (Fsp3) is 0.226. The fourth-order valence-corrected chi connectivity index (χ4v) is 8.27. The number of carbonyl (C=O) groups is 4. The third kappa shape index (κ3) is 5.71. The molecule has 0 radical (unpaired) electrons. The molecule has 4 aromatic rings. The number of hydrogen-bond donors (Lipinski definition) is 1. The maximum atomic E-state index is 13.9. The Morgan fingerprint density at radius 3 is 2.46 bits per heavy atom. The molecule has 46 heavy (non-hydrogen) atoms. The Bertz CT molecular complexity index is 1910. The van der Waals surface area contributed by atoms with Crippen LogP contribution in [0.2, 0.25) is 0 Å². The molecule has 0 aliphatic carbocycles. The highest BCUT2D eigenvalue weighted by atomic mass is 32.2. The number of esters is 1. The Kier molecular flexibility index (Phi) is 8.29. The average molecular weight is 669 g/mol. The Morgan fingerprint density at radius 2 is 1.78 bits per heavy atom. The number of carbonyl (C=O) groups excluding carboxylic acids is 4. The monoisotopic (exact) mass is 668 g/mol. The molecule has 1 fully saturated rings. The molecule has 15 heteroatoms. The van der Waals surface area contributed by atoms with E-state index in [2.05, 4.69) is 10.3 Å². The van der Waals surface area contributed by atoms with Crippen LogP contribution in [-0.2, 0) is 31.8 Å². The number of nitrogens with one attached hydrogen (secondary N) is 1. The lowest BCUT2D eigenvalue weighted by atomic mass is 9.84. The molecule has 3 atom stereocenters. The molecular formula is C31H23F3N4O6S2. The summed E-state index contributed by atoms with van der Waals surface area (Å²) in [5.74, 6) is -4.36. The summed E-state index contributed by atoms with van der Waals surface area (Å²) in [7, 11) is 0. The predicted molar refractivity (Wildman–Crippen MR) is 163 cm³/mol. The summed E-state index contributed by atoms with van der Waals surface area (Å²) < 4.78 is 46.6. The van der Waals surface area contributed by atoms with Crippen LogP contribution in [0.4, 0.5) is 24.5 Å². The van der Waals surface area contributed by atoms with E-state index in [1.54, 1.807) is 19.1 Å². The van der Waals surface area contributed by atoms with Crippen molar-refractivity contribution in [1.82, 2.24) is 9.55 Å². The number of benzene rings is 2. The van der Waals surface area contributed by atoms with E-state index in [0.717, 1.165) is 46.2 Å². The van der Waals surface area contributed by atoms with Crippen molar-refractivity contribution in [3.05, 3.63) is 104 Å². The first kappa shape index (κ1) is 31.2. The lowest BCUT2D eigenvalue weighted by Gasteiger charge is -2.30. The first-order chi connectivity index (χ1) is 22.0. The molecule has 4 heterocycles. The Balaban J connectivity index is 1.33. The van der Waals surface area contributed by atoms with Gasteiger partial charge < -0.3 is 10.1 Å². The highest BCUT2D eigenvalue weighted by molar-refractivity contribution is 8.00. The molecule has 236 valence electrons. The minimum atomic E-state index is -4.69. The number of hydrogen-bond acceptors (Lipinski definition) is 9. The van der Waals surface area contributed by atoms with Gasteiger partial charge in [-0.3, -0.25) is 28.7 Å². The lowest BCUT2D eigenvalue weighted by Crippen LogP contribution is -2.33. The molecule has 3 amide bonds. The van der Waals surface area contributed by atoms with Crippen molar-refractivity contribution in [2.24, 2.45) is 5.92 Å². The quantitative estimate of drug-likeness (QED) is 0.217. The molecule has 6 rings (SSSR count). The minimum absolute atomic E-state index is 0.209. The van der Waals surface area contributed by atoms with E-state index in [-0.39, 0.29) is 12.3 Å². The normalized spacial score (nSPS) is 19.0. The molecule has 2 aromatic heterocycles.